The molecule has 1 atom stereocenters. The standard InChI is InChI=1S/C10H12ClNO3/c1-15-9-4-2-3-7(11)6(9)5-8(12)10(13)14/h2-4,8H,5,12H2,1H3,(H,13,14)/t8-/m0/s1. The SMILES string of the molecule is COc1cccc(Cl)c1C[C@H](N)C(=O)O. The first-order valence-corrected chi connectivity index (χ1v) is 4.73. The summed E-state index contributed by atoms with van der Waals surface area (Å²) in [5, 5.41) is 9.15. The number of nitrogens with two attached hydrogens (primary N) is 1. The Labute approximate surface area is 92.6 Å². The Balaban J connectivity index is 2.97. The topological polar surface area (TPSA) is 72.5 Å². The first kappa shape index (κ1) is 11.8. The lowest BCUT2D eigenvalue weighted by Gasteiger charge is -2.12. The molecule has 0 radical (unpaired) electrons. The Morgan fingerprint density at radius 2 is 2.33 bits per heavy atom. The van der Waals surface area contributed by atoms with Crippen LogP contribution in [0.5, 0.6) is 5.75 Å². The molecule has 1 aromatic carbocycles. The van der Waals surface area contributed by atoms with Gasteiger partial charge in [-0.3, -0.25) is 4.79 Å². The van der Waals surface area contributed by atoms with Crippen molar-refractivity contribution >= 4 is 17.6 Å². The van der Waals surface area contributed by atoms with Gasteiger partial charge in [0.15, 0.2) is 0 Å². The molecule has 4 nitrogen and oxygen atoms in total. The zero-order chi connectivity index (χ0) is 11.4. The molecule has 1 rings (SSSR count). The summed E-state index contributed by atoms with van der Waals surface area (Å²) in [5.74, 6) is -0.504. The minimum Gasteiger partial charge on any atom is -0.496 e. The van der Waals surface area contributed by atoms with E-state index in [0.717, 1.165) is 0 Å². The molecule has 0 spiro atoms. The third kappa shape index (κ3) is 2.84. The van der Waals surface area contributed by atoms with Crippen molar-refractivity contribution in [1.82, 2.24) is 0 Å². The van der Waals surface area contributed by atoms with Gasteiger partial charge in [0.1, 0.15) is 11.8 Å². The van der Waals surface area contributed by atoms with Crippen LogP contribution in [-0.4, -0.2) is 24.2 Å². The summed E-state index contributed by atoms with van der Waals surface area (Å²) >= 11 is 5.93. The molecule has 0 unspecified atom stereocenters. The Morgan fingerprint density at radius 3 is 2.87 bits per heavy atom. The fourth-order valence-electron chi connectivity index (χ4n) is 1.24. The summed E-state index contributed by atoms with van der Waals surface area (Å²) in [6, 6.07) is 4.15. The quantitative estimate of drug-likeness (QED) is 0.817. The molecule has 3 N–H and O–H groups in total. The highest BCUT2D eigenvalue weighted by molar-refractivity contribution is 6.31. The smallest absolute Gasteiger partial charge is 0.320 e. The van der Waals surface area contributed by atoms with E-state index in [9.17, 15) is 4.79 Å². The first-order chi connectivity index (χ1) is 7.06. The first-order valence-electron chi connectivity index (χ1n) is 4.36. The minimum absolute atomic E-state index is 0.151. The van der Waals surface area contributed by atoms with Gasteiger partial charge in [-0.1, -0.05) is 17.7 Å². The predicted molar refractivity (Wildman–Crippen MR) is 57.3 cm³/mol. The molecule has 0 aliphatic rings. The number of methoxy groups -OCH3 is 1. The zero-order valence-corrected chi connectivity index (χ0v) is 8.99. The van der Waals surface area contributed by atoms with Gasteiger partial charge in [-0.05, 0) is 12.1 Å². The average Bonchev–Trinajstić information content (AvgIpc) is 2.20. The van der Waals surface area contributed by atoms with Crippen LogP contribution in [0.15, 0.2) is 18.2 Å². The van der Waals surface area contributed by atoms with Gasteiger partial charge in [-0.2, -0.15) is 0 Å². The molecule has 15 heavy (non-hydrogen) atoms. The van der Waals surface area contributed by atoms with Crippen LogP contribution in [0.25, 0.3) is 0 Å². The Kier molecular flexibility index (Phi) is 3.94. The summed E-state index contributed by atoms with van der Waals surface area (Å²) < 4.78 is 5.07. The van der Waals surface area contributed by atoms with Crippen molar-refractivity contribution in [2.45, 2.75) is 12.5 Å². The van der Waals surface area contributed by atoms with E-state index in [1.54, 1.807) is 18.2 Å². The van der Waals surface area contributed by atoms with E-state index in [2.05, 4.69) is 0 Å². The van der Waals surface area contributed by atoms with Crippen molar-refractivity contribution < 1.29 is 14.6 Å². The summed E-state index contributed by atoms with van der Waals surface area (Å²) in [4.78, 5) is 10.6. The zero-order valence-electron chi connectivity index (χ0n) is 8.24. The number of aliphatic carboxylic acids is 1. The second-order valence-electron chi connectivity index (χ2n) is 3.07. The number of benzene rings is 1. The summed E-state index contributed by atoms with van der Waals surface area (Å²) in [7, 11) is 1.50. The number of rotatable bonds is 4. The molecule has 0 aromatic heterocycles. The predicted octanol–water partition coefficient (Wildman–Crippen LogP) is 1.30. The molecule has 0 bridgehead atoms. The lowest BCUT2D eigenvalue weighted by molar-refractivity contribution is -0.138. The molecule has 0 amide bonds. The Morgan fingerprint density at radius 1 is 1.67 bits per heavy atom. The molecule has 1 aromatic rings. The van der Waals surface area contributed by atoms with Gasteiger partial charge < -0.3 is 15.6 Å². The maximum absolute atomic E-state index is 10.6. The largest absolute Gasteiger partial charge is 0.496 e. The van der Waals surface area contributed by atoms with Crippen LogP contribution >= 0.6 is 11.6 Å². The molecule has 0 aliphatic heterocycles. The number of hydrogen-bond acceptors (Lipinski definition) is 3. The van der Waals surface area contributed by atoms with E-state index >= 15 is 0 Å². The van der Waals surface area contributed by atoms with E-state index in [-0.39, 0.29) is 6.42 Å². The number of carboxylic acids is 1. The van der Waals surface area contributed by atoms with Crippen molar-refractivity contribution in [1.29, 1.82) is 0 Å². The Hall–Kier alpha value is -1.26. The van der Waals surface area contributed by atoms with Crippen LogP contribution in [0, 0.1) is 0 Å². The van der Waals surface area contributed by atoms with E-state index in [0.29, 0.717) is 16.3 Å². The third-order valence-electron chi connectivity index (χ3n) is 2.04. The van der Waals surface area contributed by atoms with Gasteiger partial charge in [0.05, 0.1) is 7.11 Å². The molecule has 0 aliphatic carbocycles. The molecule has 82 valence electrons. The number of ether oxygens (including phenoxy) is 1. The molecule has 5 heteroatoms. The van der Waals surface area contributed by atoms with Gasteiger partial charge in [0.25, 0.3) is 0 Å². The molecule has 0 fully saturated rings. The fourth-order valence-corrected chi connectivity index (χ4v) is 1.48. The van der Waals surface area contributed by atoms with Crippen molar-refractivity contribution in [3.05, 3.63) is 28.8 Å². The average molecular weight is 230 g/mol. The van der Waals surface area contributed by atoms with E-state index in [1.807, 2.05) is 0 Å². The molecular formula is C10H12ClNO3. The lowest BCUT2D eigenvalue weighted by atomic mass is 10.1. The van der Waals surface area contributed by atoms with E-state index < -0.39 is 12.0 Å². The number of carbonyl (C=O) groups is 1. The second kappa shape index (κ2) is 5.00. The van der Waals surface area contributed by atoms with Crippen molar-refractivity contribution in [2.24, 2.45) is 5.73 Å². The fraction of sp³-hybridized carbons (Fsp3) is 0.300. The van der Waals surface area contributed by atoms with Gasteiger partial charge in [-0.15, -0.1) is 0 Å². The summed E-state index contributed by atoms with van der Waals surface area (Å²) in [6.07, 6.45) is 0.151. The maximum atomic E-state index is 10.6. The van der Waals surface area contributed by atoms with Crippen LogP contribution < -0.4 is 10.5 Å². The van der Waals surface area contributed by atoms with Crippen molar-refractivity contribution in [3.63, 3.8) is 0 Å². The number of carboxylic acid groups (broad SMARTS) is 1. The van der Waals surface area contributed by atoms with Gasteiger partial charge in [0.2, 0.25) is 0 Å². The molecule has 0 saturated carbocycles. The monoisotopic (exact) mass is 229 g/mol. The number of halogens is 1. The molecule has 0 heterocycles. The second-order valence-corrected chi connectivity index (χ2v) is 3.48. The highest BCUT2D eigenvalue weighted by atomic mass is 35.5. The van der Waals surface area contributed by atoms with Crippen LogP contribution in [0.3, 0.4) is 0 Å². The Bertz CT molecular complexity index is 368. The van der Waals surface area contributed by atoms with E-state index in [1.165, 1.54) is 7.11 Å². The number of hydrogen-bond donors (Lipinski definition) is 2. The van der Waals surface area contributed by atoms with Crippen LogP contribution in [0.1, 0.15) is 5.56 Å². The summed E-state index contributed by atoms with van der Waals surface area (Å²) in [5.41, 5.74) is 6.05. The third-order valence-corrected chi connectivity index (χ3v) is 2.39. The molecular weight excluding hydrogens is 218 g/mol. The van der Waals surface area contributed by atoms with Crippen molar-refractivity contribution in [2.75, 3.05) is 7.11 Å². The van der Waals surface area contributed by atoms with Gasteiger partial charge in [-0.25, -0.2) is 0 Å². The lowest BCUT2D eigenvalue weighted by Crippen LogP contribution is -2.32. The minimum atomic E-state index is -1.06. The highest BCUT2D eigenvalue weighted by Crippen LogP contribution is 2.27. The highest BCUT2D eigenvalue weighted by Gasteiger charge is 2.17. The normalized spacial score (nSPS) is 12.2. The summed E-state index contributed by atoms with van der Waals surface area (Å²) in [6.45, 7) is 0. The van der Waals surface area contributed by atoms with E-state index in [4.69, 9.17) is 27.2 Å². The maximum Gasteiger partial charge on any atom is 0.320 e. The van der Waals surface area contributed by atoms with Crippen LogP contribution in [0.4, 0.5) is 0 Å². The van der Waals surface area contributed by atoms with Crippen LogP contribution in [-0.2, 0) is 11.2 Å². The van der Waals surface area contributed by atoms with Crippen LogP contribution in [0.2, 0.25) is 5.02 Å². The van der Waals surface area contributed by atoms with Gasteiger partial charge >= 0.3 is 5.97 Å². The van der Waals surface area contributed by atoms with Gasteiger partial charge in [0, 0.05) is 17.0 Å². The van der Waals surface area contributed by atoms with Crippen molar-refractivity contribution in [3.8, 4) is 5.75 Å². The molecule has 0 saturated heterocycles.